The molecule has 0 unspecified atom stereocenters. The van der Waals surface area contributed by atoms with E-state index >= 15 is 0 Å². The van der Waals surface area contributed by atoms with Crippen molar-refractivity contribution in [3.8, 4) is 5.75 Å². The third-order valence-corrected chi connectivity index (χ3v) is 7.28. The molecule has 3 atom stereocenters. The van der Waals surface area contributed by atoms with Crippen LogP contribution in [0.3, 0.4) is 0 Å². The summed E-state index contributed by atoms with van der Waals surface area (Å²) in [5.41, 5.74) is 6.02. The molecular formula is C19H24F5N3O4S. The maximum atomic E-state index is 13.3. The van der Waals surface area contributed by atoms with Crippen LogP contribution in [0, 0.1) is 5.92 Å². The van der Waals surface area contributed by atoms with Gasteiger partial charge in [0.05, 0.1) is 24.0 Å². The zero-order valence-corrected chi connectivity index (χ0v) is 17.7. The summed E-state index contributed by atoms with van der Waals surface area (Å²) in [6, 6.07) is 2.47. The fraction of sp³-hybridized carbons (Fsp3) is 0.632. The Morgan fingerprint density at radius 1 is 1.06 bits per heavy atom. The fourth-order valence-electron chi connectivity index (χ4n) is 4.02. The molecule has 1 heterocycles. The lowest BCUT2D eigenvalue weighted by Crippen LogP contribution is -2.49. The molecule has 1 aliphatic heterocycles. The Morgan fingerprint density at radius 3 is 2.09 bits per heavy atom. The number of carbonyl (C=O) groups is 1. The summed E-state index contributed by atoms with van der Waals surface area (Å²) < 4.78 is 94.6. The van der Waals surface area contributed by atoms with Gasteiger partial charge in [0.25, 0.3) is 0 Å². The van der Waals surface area contributed by atoms with Gasteiger partial charge in [-0.3, -0.25) is 4.79 Å². The van der Waals surface area contributed by atoms with Gasteiger partial charge in [-0.05, 0) is 55.9 Å². The van der Waals surface area contributed by atoms with E-state index in [1.54, 1.807) is 0 Å². The minimum absolute atomic E-state index is 0.211. The highest BCUT2D eigenvalue weighted by Gasteiger charge is 2.40. The third kappa shape index (κ3) is 6.07. The summed E-state index contributed by atoms with van der Waals surface area (Å²) in [5.74, 6) is -1.30. The molecule has 7 nitrogen and oxygen atoms in total. The molecule has 1 amide bonds. The monoisotopic (exact) mass is 485 g/mol. The number of carbonyl (C=O) groups excluding carboxylic acids is 1. The Labute approximate surface area is 182 Å². The molecule has 3 rings (SSSR count). The molecule has 2 aliphatic rings. The van der Waals surface area contributed by atoms with Crippen LogP contribution in [0.4, 0.5) is 22.0 Å². The standard InChI is InChI=1S/C19H24F5N3O4S/c20-15-9-27(10-16(15)21)18(28)17(25)11-1-3-12(4-2-11)26-32(29,30)14-7-5-13(6-8-14)31-19(22,23)24/h5-8,11-12,15-17,26H,1-4,9-10,25H2/t11?,12?,15-,16-,17-/m0/s1. The maximum absolute atomic E-state index is 13.3. The van der Waals surface area contributed by atoms with Crippen molar-refractivity contribution in [1.29, 1.82) is 0 Å². The first-order valence-corrected chi connectivity index (χ1v) is 11.5. The van der Waals surface area contributed by atoms with E-state index in [9.17, 15) is 35.2 Å². The van der Waals surface area contributed by atoms with Crippen molar-refractivity contribution in [1.82, 2.24) is 9.62 Å². The van der Waals surface area contributed by atoms with Crippen LogP contribution in [0.15, 0.2) is 29.2 Å². The van der Waals surface area contributed by atoms with Crippen molar-refractivity contribution >= 4 is 15.9 Å². The van der Waals surface area contributed by atoms with Gasteiger partial charge in [-0.15, -0.1) is 13.2 Å². The van der Waals surface area contributed by atoms with Crippen LogP contribution in [0.2, 0.25) is 0 Å². The summed E-state index contributed by atoms with van der Waals surface area (Å²) in [4.78, 5) is 13.3. The second-order valence-corrected chi connectivity index (χ2v) is 9.77. The van der Waals surface area contributed by atoms with E-state index in [2.05, 4.69) is 9.46 Å². The number of hydrogen-bond acceptors (Lipinski definition) is 5. The van der Waals surface area contributed by atoms with Crippen LogP contribution < -0.4 is 15.2 Å². The molecule has 0 spiro atoms. The van der Waals surface area contributed by atoms with Crippen LogP contribution in [-0.4, -0.2) is 63.1 Å². The second-order valence-electron chi connectivity index (χ2n) is 8.05. The van der Waals surface area contributed by atoms with Gasteiger partial charge in [0.1, 0.15) is 5.75 Å². The normalized spacial score (nSPS) is 27.9. The van der Waals surface area contributed by atoms with Crippen molar-refractivity contribution in [3.05, 3.63) is 24.3 Å². The highest BCUT2D eigenvalue weighted by Crippen LogP contribution is 2.30. The molecule has 0 aromatic heterocycles. The van der Waals surface area contributed by atoms with Gasteiger partial charge in [0.15, 0.2) is 12.3 Å². The number of amides is 1. The Hall–Kier alpha value is -1.99. The number of rotatable bonds is 6. The number of nitrogens with zero attached hydrogens (tertiary/aromatic N) is 1. The van der Waals surface area contributed by atoms with E-state index < -0.39 is 52.5 Å². The quantitative estimate of drug-likeness (QED) is 0.602. The topological polar surface area (TPSA) is 102 Å². The molecular weight excluding hydrogens is 461 g/mol. The zero-order chi connectivity index (χ0) is 23.7. The number of ether oxygens (including phenoxy) is 1. The summed E-state index contributed by atoms with van der Waals surface area (Å²) in [6.07, 6.45) is -6.67. The Balaban J connectivity index is 1.52. The maximum Gasteiger partial charge on any atom is 0.573 e. The van der Waals surface area contributed by atoms with Gasteiger partial charge in [0, 0.05) is 6.04 Å². The third-order valence-electron chi connectivity index (χ3n) is 5.75. The second kappa shape index (κ2) is 9.48. The summed E-state index contributed by atoms with van der Waals surface area (Å²) >= 11 is 0. The number of likely N-dealkylation sites (tertiary alicyclic amines) is 1. The van der Waals surface area contributed by atoms with Crippen LogP contribution in [0.1, 0.15) is 25.7 Å². The number of hydrogen-bond donors (Lipinski definition) is 2. The number of halogens is 5. The average molecular weight is 485 g/mol. The first-order valence-electron chi connectivity index (χ1n) is 10.1. The van der Waals surface area contributed by atoms with Crippen molar-refractivity contribution in [2.45, 2.75) is 61.4 Å². The Morgan fingerprint density at radius 2 is 1.59 bits per heavy atom. The predicted molar refractivity (Wildman–Crippen MR) is 104 cm³/mol. The molecule has 13 heteroatoms. The molecule has 0 bridgehead atoms. The number of nitrogens with two attached hydrogens (primary N) is 1. The van der Waals surface area contributed by atoms with Gasteiger partial charge in [-0.25, -0.2) is 21.9 Å². The number of benzene rings is 1. The molecule has 1 saturated carbocycles. The van der Waals surface area contributed by atoms with Gasteiger partial charge in [-0.2, -0.15) is 0 Å². The average Bonchev–Trinajstić information content (AvgIpc) is 3.05. The molecule has 1 aromatic carbocycles. The fourth-order valence-corrected chi connectivity index (χ4v) is 5.33. The SMILES string of the molecule is N[C@H](C(=O)N1C[C@H](F)[C@@H](F)C1)C1CCC(NS(=O)(=O)c2ccc(OC(F)(F)F)cc2)CC1. The minimum atomic E-state index is -4.88. The number of sulfonamides is 1. The zero-order valence-electron chi connectivity index (χ0n) is 16.9. The van der Waals surface area contributed by atoms with Gasteiger partial charge in [0.2, 0.25) is 15.9 Å². The number of alkyl halides is 5. The molecule has 1 saturated heterocycles. The number of nitrogens with one attached hydrogen (secondary N) is 1. The van der Waals surface area contributed by atoms with E-state index in [4.69, 9.17) is 5.73 Å². The van der Waals surface area contributed by atoms with Crippen LogP contribution in [0.25, 0.3) is 0 Å². The highest BCUT2D eigenvalue weighted by atomic mass is 32.2. The lowest BCUT2D eigenvalue weighted by atomic mass is 9.81. The van der Waals surface area contributed by atoms with Gasteiger partial charge >= 0.3 is 6.36 Å². The van der Waals surface area contributed by atoms with Crippen molar-refractivity contribution in [2.24, 2.45) is 11.7 Å². The van der Waals surface area contributed by atoms with Crippen molar-refractivity contribution in [3.63, 3.8) is 0 Å². The summed E-state index contributed by atoms with van der Waals surface area (Å²) in [7, 11) is -3.98. The molecule has 2 fully saturated rings. The van der Waals surface area contributed by atoms with Crippen LogP contribution in [-0.2, 0) is 14.8 Å². The van der Waals surface area contributed by atoms with Crippen LogP contribution >= 0.6 is 0 Å². The minimum Gasteiger partial charge on any atom is -0.406 e. The summed E-state index contributed by atoms with van der Waals surface area (Å²) in [5, 5.41) is 0. The van der Waals surface area contributed by atoms with Crippen molar-refractivity contribution in [2.75, 3.05) is 13.1 Å². The van der Waals surface area contributed by atoms with E-state index in [0.717, 1.165) is 29.2 Å². The molecule has 32 heavy (non-hydrogen) atoms. The molecule has 1 aliphatic carbocycles. The molecule has 1 aromatic rings. The largest absolute Gasteiger partial charge is 0.573 e. The lowest BCUT2D eigenvalue weighted by Gasteiger charge is -2.33. The Kier molecular flexibility index (Phi) is 7.30. The molecule has 3 N–H and O–H groups in total. The van der Waals surface area contributed by atoms with Gasteiger partial charge < -0.3 is 15.4 Å². The first kappa shape index (κ1) is 24.6. The van der Waals surface area contributed by atoms with E-state index in [1.165, 1.54) is 0 Å². The summed E-state index contributed by atoms with van der Waals surface area (Å²) in [6.45, 7) is -0.648. The van der Waals surface area contributed by atoms with E-state index in [1.807, 2.05) is 0 Å². The van der Waals surface area contributed by atoms with Gasteiger partial charge in [-0.1, -0.05) is 0 Å². The van der Waals surface area contributed by atoms with Crippen LogP contribution in [0.5, 0.6) is 5.75 Å². The molecule has 0 radical (unpaired) electrons. The van der Waals surface area contributed by atoms with Crippen molar-refractivity contribution < 1.29 is 39.9 Å². The highest BCUT2D eigenvalue weighted by molar-refractivity contribution is 7.89. The predicted octanol–water partition coefficient (Wildman–Crippen LogP) is 2.27. The smallest absolute Gasteiger partial charge is 0.406 e. The lowest BCUT2D eigenvalue weighted by molar-refractivity contribution is -0.274. The van der Waals surface area contributed by atoms with E-state index in [-0.39, 0.29) is 23.9 Å². The Bertz CT molecular complexity index is 895. The first-order chi connectivity index (χ1) is 14.9. The molecule has 180 valence electrons. The van der Waals surface area contributed by atoms with E-state index in [0.29, 0.717) is 25.7 Å².